The number of pyridine rings is 1. The Balaban J connectivity index is 2.15. The summed E-state index contributed by atoms with van der Waals surface area (Å²) in [6.45, 7) is -0.176. The Hall–Kier alpha value is -2.57. The predicted molar refractivity (Wildman–Crippen MR) is 75.9 cm³/mol. The van der Waals surface area contributed by atoms with Crippen molar-refractivity contribution >= 4 is 5.97 Å². The van der Waals surface area contributed by atoms with Crippen LogP contribution in [0.15, 0.2) is 48.5 Å². The summed E-state index contributed by atoms with van der Waals surface area (Å²) >= 11 is 0. The maximum Gasteiger partial charge on any atom is 0.433 e. The van der Waals surface area contributed by atoms with Crippen molar-refractivity contribution in [3.63, 3.8) is 0 Å². The standard InChI is InChI=1S/C16H14F3NO3/c1-22-15(21)12(11-6-3-2-4-7-11)10-23-14-9-5-8-13(20-14)16(17,18)19/h2-9,12H,10H2,1H3. The largest absolute Gasteiger partial charge is 0.476 e. The van der Waals surface area contributed by atoms with E-state index in [0.717, 1.165) is 6.07 Å². The van der Waals surface area contributed by atoms with Gasteiger partial charge in [0.25, 0.3) is 0 Å². The van der Waals surface area contributed by atoms with Gasteiger partial charge in [0.05, 0.1) is 7.11 Å². The molecule has 1 heterocycles. The van der Waals surface area contributed by atoms with E-state index in [1.807, 2.05) is 0 Å². The van der Waals surface area contributed by atoms with E-state index in [0.29, 0.717) is 5.56 Å². The molecule has 1 atom stereocenters. The van der Waals surface area contributed by atoms with E-state index in [-0.39, 0.29) is 12.5 Å². The molecule has 7 heteroatoms. The fourth-order valence-corrected chi connectivity index (χ4v) is 1.95. The minimum Gasteiger partial charge on any atom is -0.476 e. The van der Waals surface area contributed by atoms with Crippen LogP contribution in [0.5, 0.6) is 5.88 Å². The number of alkyl halides is 3. The summed E-state index contributed by atoms with van der Waals surface area (Å²) in [5, 5.41) is 0. The quantitative estimate of drug-likeness (QED) is 0.790. The molecule has 0 aliphatic carbocycles. The fraction of sp³-hybridized carbons (Fsp3) is 0.250. The topological polar surface area (TPSA) is 48.4 Å². The Bertz CT molecular complexity index is 659. The molecule has 0 amide bonds. The molecular weight excluding hydrogens is 311 g/mol. The number of esters is 1. The van der Waals surface area contributed by atoms with Crippen LogP contribution in [0.4, 0.5) is 13.2 Å². The first kappa shape index (κ1) is 16.8. The van der Waals surface area contributed by atoms with Gasteiger partial charge in [-0.05, 0) is 11.6 Å². The van der Waals surface area contributed by atoms with Crippen LogP contribution in [0.1, 0.15) is 17.2 Å². The van der Waals surface area contributed by atoms with E-state index in [1.165, 1.54) is 19.2 Å². The van der Waals surface area contributed by atoms with E-state index in [1.54, 1.807) is 30.3 Å². The smallest absolute Gasteiger partial charge is 0.433 e. The highest BCUT2D eigenvalue weighted by atomic mass is 19.4. The molecule has 1 unspecified atom stereocenters. The van der Waals surface area contributed by atoms with E-state index >= 15 is 0 Å². The highest BCUT2D eigenvalue weighted by Crippen LogP contribution is 2.29. The summed E-state index contributed by atoms with van der Waals surface area (Å²) in [5.41, 5.74) is -0.407. The first-order valence-corrected chi connectivity index (χ1v) is 6.71. The van der Waals surface area contributed by atoms with Crippen molar-refractivity contribution in [2.24, 2.45) is 0 Å². The lowest BCUT2D eigenvalue weighted by atomic mass is 10.0. The average molecular weight is 325 g/mol. The number of carbonyl (C=O) groups excluding carboxylic acids is 1. The Morgan fingerprint density at radius 2 is 1.83 bits per heavy atom. The van der Waals surface area contributed by atoms with Crippen LogP contribution in [-0.2, 0) is 15.7 Å². The van der Waals surface area contributed by atoms with Gasteiger partial charge >= 0.3 is 12.1 Å². The first-order valence-electron chi connectivity index (χ1n) is 6.71. The molecule has 4 nitrogen and oxygen atoms in total. The van der Waals surface area contributed by atoms with Crippen molar-refractivity contribution in [2.75, 3.05) is 13.7 Å². The molecule has 0 fully saturated rings. The zero-order valence-electron chi connectivity index (χ0n) is 12.2. The van der Waals surface area contributed by atoms with Gasteiger partial charge in [0.2, 0.25) is 5.88 Å². The fourth-order valence-electron chi connectivity index (χ4n) is 1.95. The van der Waals surface area contributed by atoms with Gasteiger partial charge in [0.1, 0.15) is 18.2 Å². The van der Waals surface area contributed by atoms with Crippen LogP contribution in [0.2, 0.25) is 0 Å². The number of carbonyl (C=O) groups is 1. The monoisotopic (exact) mass is 325 g/mol. The predicted octanol–water partition coefficient (Wildman–Crippen LogP) is 3.44. The summed E-state index contributed by atoms with van der Waals surface area (Å²) in [6, 6.07) is 12.0. The molecular formula is C16H14F3NO3. The molecule has 1 aromatic carbocycles. The highest BCUT2D eigenvalue weighted by Gasteiger charge is 2.32. The lowest BCUT2D eigenvalue weighted by Gasteiger charge is -2.16. The Morgan fingerprint density at radius 1 is 1.13 bits per heavy atom. The van der Waals surface area contributed by atoms with Crippen LogP contribution in [0, 0.1) is 0 Å². The minimum atomic E-state index is -4.56. The van der Waals surface area contributed by atoms with E-state index in [4.69, 9.17) is 9.47 Å². The number of ether oxygens (including phenoxy) is 2. The Morgan fingerprint density at radius 3 is 2.43 bits per heavy atom. The van der Waals surface area contributed by atoms with Crippen molar-refractivity contribution in [1.82, 2.24) is 4.98 Å². The number of methoxy groups -OCH3 is 1. The third-order valence-corrected chi connectivity index (χ3v) is 3.10. The van der Waals surface area contributed by atoms with Gasteiger partial charge in [-0.1, -0.05) is 36.4 Å². The van der Waals surface area contributed by atoms with E-state index < -0.39 is 23.8 Å². The number of benzene rings is 1. The highest BCUT2D eigenvalue weighted by molar-refractivity contribution is 5.78. The number of halogens is 3. The summed E-state index contributed by atoms with van der Waals surface area (Å²) in [4.78, 5) is 15.3. The zero-order chi connectivity index (χ0) is 16.9. The summed E-state index contributed by atoms with van der Waals surface area (Å²) in [5.74, 6) is -1.50. The van der Waals surface area contributed by atoms with Gasteiger partial charge in [-0.2, -0.15) is 13.2 Å². The van der Waals surface area contributed by atoms with Crippen LogP contribution in [-0.4, -0.2) is 24.7 Å². The third kappa shape index (κ3) is 4.45. The van der Waals surface area contributed by atoms with E-state index in [9.17, 15) is 18.0 Å². The molecule has 0 bridgehead atoms. The van der Waals surface area contributed by atoms with Gasteiger partial charge in [-0.3, -0.25) is 4.79 Å². The number of aromatic nitrogens is 1. The molecule has 0 aliphatic heterocycles. The molecule has 0 saturated heterocycles. The number of hydrogen-bond acceptors (Lipinski definition) is 4. The van der Waals surface area contributed by atoms with Gasteiger partial charge in [-0.25, -0.2) is 4.98 Å². The van der Waals surface area contributed by atoms with Gasteiger partial charge in [0, 0.05) is 6.07 Å². The molecule has 23 heavy (non-hydrogen) atoms. The first-order chi connectivity index (χ1) is 10.9. The molecule has 0 N–H and O–H groups in total. The van der Waals surface area contributed by atoms with Crippen molar-refractivity contribution in [1.29, 1.82) is 0 Å². The Kier molecular flexibility index (Phi) is 5.20. The molecule has 0 aliphatic rings. The molecule has 0 spiro atoms. The molecule has 1 aromatic heterocycles. The summed E-state index contributed by atoms with van der Waals surface area (Å²) in [6.07, 6.45) is -4.56. The lowest BCUT2D eigenvalue weighted by Crippen LogP contribution is -2.21. The number of nitrogens with zero attached hydrogens (tertiary/aromatic N) is 1. The number of rotatable bonds is 5. The maximum absolute atomic E-state index is 12.6. The molecule has 122 valence electrons. The van der Waals surface area contributed by atoms with Gasteiger partial charge in [0.15, 0.2) is 0 Å². The van der Waals surface area contributed by atoms with Crippen molar-refractivity contribution in [2.45, 2.75) is 12.1 Å². The van der Waals surface area contributed by atoms with Crippen LogP contribution < -0.4 is 4.74 Å². The lowest BCUT2D eigenvalue weighted by molar-refractivity contribution is -0.144. The van der Waals surface area contributed by atoms with Crippen LogP contribution in [0.25, 0.3) is 0 Å². The van der Waals surface area contributed by atoms with Crippen molar-refractivity contribution in [3.05, 3.63) is 59.8 Å². The number of hydrogen-bond donors (Lipinski definition) is 0. The average Bonchev–Trinajstić information content (AvgIpc) is 2.55. The Labute approximate surface area is 130 Å². The SMILES string of the molecule is COC(=O)C(COc1cccc(C(F)(F)F)n1)c1ccccc1. The third-order valence-electron chi connectivity index (χ3n) is 3.10. The van der Waals surface area contributed by atoms with Crippen molar-refractivity contribution in [3.8, 4) is 5.88 Å². The summed E-state index contributed by atoms with van der Waals surface area (Å²) < 4.78 is 47.9. The second-order valence-corrected chi connectivity index (χ2v) is 4.66. The maximum atomic E-state index is 12.6. The normalized spacial score (nSPS) is 12.5. The second-order valence-electron chi connectivity index (χ2n) is 4.66. The zero-order valence-corrected chi connectivity index (χ0v) is 12.2. The van der Waals surface area contributed by atoms with Crippen LogP contribution in [0.3, 0.4) is 0 Å². The van der Waals surface area contributed by atoms with Gasteiger partial charge < -0.3 is 9.47 Å². The summed E-state index contributed by atoms with van der Waals surface area (Å²) in [7, 11) is 1.24. The minimum absolute atomic E-state index is 0.176. The van der Waals surface area contributed by atoms with E-state index in [2.05, 4.69) is 4.98 Å². The van der Waals surface area contributed by atoms with Gasteiger partial charge in [-0.15, -0.1) is 0 Å². The molecule has 0 saturated carbocycles. The molecule has 2 aromatic rings. The molecule has 2 rings (SSSR count). The van der Waals surface area contributed by atoms with Crippen molar-refractivity contribution < 1.29 is 27.4 Å². The molecule has 0 radical (unpaired) electrons. The van der Waals surface area contributed by atoms with Crippen LogP contribution >= 0.6 is 0 Å². The second kappa shape index (κ2) is 7.13.